The summed E-state index contributed by atoms with van der Waals surface area (Å²) in [6.07, 6.45) is 1.51. The first-order valence-electron chi connectivity index (χ1n) is 5.80. The molecule has 0 heterocycles. The maximum atomic E-state index is 12.0. The number of hydrogen-bond donors (Lipinski definition) is 0. The van der Waals surface area contributed by atoms with Crippen molar-refractivity contribution in [3.8, 4) is 0 Å². The quantitative estimate of drug-likeness (QED) is 0.606. The van der Waals surface area contributed by atoms with Crippen LogP contribution in [0.15, 0.2) is 36.4 Å². The van der Waals surface area contributed by atoms with E-state index in [-0.39, 0.29) is 5.78 Å². The first-order valence-corrected chi connectivity index (χ1v) is 5.80. The number of rotatable bonds is 4. The zero-order valence-corrected chi connectivity index (χ0v) is 11.2. The van der Waals surface area contributed by atoms with Gasteiger partial charge in [0.05, 0.1) is 0 Å². The molecule has 3 nitrogen and oxygen atoms in total. The van der Waals surface area contributed by atoms with Gasteiger partial charge in [-0.05, 0) is 38.0 Å². The van der Waals surface area contributed by atoms with E-state index in [1.54, 1.807) is 13.8 Å². The highest BCUT2D eigenvalue weighted by atomic mass is 16.6. The average Bonchev–Trinajstić information content (AvgIpc) is 2.28. The minimum absolute atomic E-state index is 0.223. The Labute approximate surface area is 107 Å². The molecule has 1 aromatic carbocycles. The van der Waals surface area contributed by atoms with E-state index in [1.165, 1.54) is 13.0 Å². The van der Waals surface area contributed by atoms with Crippen LogP contribution in [0.3, 0.4) is 0 Å². The zero-order chi connectivity index (χ0) is 13.8. The molecule has 0 radical (unpaired) electrons. The number of benzene rings is 1. The van der Waals surface area contributed by atoms with Gasteiger partial charge in [0, 0.05) is 6.92 Å². The predicted octanol–water partition coefficient (Wildman–Crippen LogP) is 3.00. The molecule has 0 spiro atoms. The SMILES string of the molecule is CC(=O)OC(C)(C)C(=O)/C=C(\C)c1ccccc1. The Morgan fingerprint density at radius 2 is 1.67 bits per heavy atom. The molecule has 0 unspecified atom stereocenters. The van der Waals surface area contributed by atoms with E-state index in [2.05, 4.69) is 0 Å². The molecule has 0 aliphatic carbocycles. The van der Waals surface area contributed by atoms with Crippen molar-refractivity contribution in [2.75, 3.05) is 0 Å². The number of esters is 1. The topological polar surface area (TPSA) is 43.4 Å². The Balaban J connectivity index is 2.89. The number of ether oxygens (including phenoxy) is 1. The lowest BCUT2D eigenvalue weighted by atomic mass is 9.98. The maximum absolute atomic E-state index is 12.0. The summed E-state index contributed by atoms with van der Waals surface area (Å²) in [5.74, 6) is -0.682. The van der Waals surface area contributed by atoms with Crippen LogP contribution in [-0.4, -0.2) is 17.4 Å². The molecule has 0 atom stereocenters. The van der Waals surface area contributed by atoms with E-state index in [9.17, 15) is 9.59 Å². The average molecular weight is 246 g/mol. The molecule has 0 aromatic heterocycles. The molecule has 3 heteroatoms. The molecule has 18 heavy (non-hydrogen) atoms. The molecule has 1 rings (SSSR count). The number of ketones is 1. The van der Waals surface area contributed by atoms with Crippen molar-refractivity contribution in [3.05, 3.63) is 42.0 Å². The largest absolute Gasteiger partial charge is 0.451 e. The van der Waals surface area contributed by atoms with Gasteiger partial charge in [0.25, 0.3) is 0 Å². The normalized spacial score (nSPS) is 12.1. The van der Waals surface area contributed by atoms with E-state index >= 15 is 0 Å². The molecule has 0 aliphatic heterocycles. The van der Waals surface area contributed by atoms with Gasteiger partial charge in [-0.1, -0.05) is 30.3 Å². The highest BCUT2D eigenvalue weighted by Gasteiger charge is 2.29. The van der Waals surface area contributed by atoms with E-state index in [0.29, 0.717) is 0 Å². The molecular formula is C15H18O3. The third kappa shape index (κ3) is 3.84. The number of allylic oxidation sites excluding steroid dienone is 1. The van der Waals surface area contributed by atoms with Crippen molar-refractivity contribution in [1.82, 2.24) is 0 Å². The Hall–Kier alpha value is -1.90. The lowest BCUT2D eigenvalue weighted by molar-refractivity contribution is -0.159. The monoisotopic (exact) mass is 246 g/mol. The van der Waals surface area contributed by atoms with E-state index in [4.69, 9.17) is 4.74 Å². The summed E-state index contributed by atoms with van der Waals surface area (Å²) in [6.45, 7) is 6.33. The minimum atomic E-state index is -1.12. The Bertz CT molecular complexity index is 470. The molecule has 0 amide bonds. The van der Waals surface area contributed by atoms with E-state index < -0.39 is 11.6 Å². The standard InChI is InChI=1S/C15H18O3/c1-11(13-8-6-5-7-9-13)10-14(17)15(3,4)18-12(2)16/h5-10H,1-4H3/b11-10+. The summed E-state index contributed by atoms with van der Waals surface area (Å²) in [5.41, 5.74) is 0.701. The predicted molar refractivity (Wildman–Crippen MR) is 70.9 cm³/mol. The van der Waals surface area contributed by atoms with Crippen molar-refractivity contribution in [2.24, 2.45) is 0 Å². The van der Waals surface area contributed by atoms with Crippen molar-refractivity contribution < 1.29 is 14.3 Å². The molecule has 0 N–H and O–H groups in total. The molecule has 1 aromatic rings. The van der Waals surface area contributed by atoms with Crippen LogP contribution in [0.4, 0.5) is 0 Å². The molecule has 0 bridgehead atoms. The van der Waals surface area contributed by atoms with E-state index in [0.717, 1.165) is 11.1 Å². The first-order chi connectivity index (χ1) is 8.33. The van der Waals surface area contributed by atoms with Crippen molar-refractivity contribution in [2.45, 2.75) is 33.3 Å². The second-order valence-corrected chi connectivity index (χ2v) is 4.66. The van der Waals surface area contributed by atoms with Gasteiger partial charge in [-0.2, -0.15) is 0 Å². The van der Waals surface area contributed by atoms with Crippen LogP contribution in [0, 0.1) is 0 Å². The molecule has 0 aliphatic rings. The van der Waals surface area contributed by atoms with Crippen LogP contribution in [0.2, 0.25) is 0 Å². The lowest BCUT2D eigenvalue weighted by Crippen LogP contribution is -2.35. The van der Waals surface area contributed by atoms with Gasteiger partial charge in [0.2, 0.25) is 0 Å². The van der Waals surface area contributed by atoms with E-state index in [1.807, 2.05) is 37.3 Å². The van der Waals surface area contributed by atoms with Crippen LogP contribution in [0.25, 0.3) is 5.57 Å². The molecular weight excluding hydrogens is 228 g/mol. The summed E-state index contributed by atoms with van der Waals surface area (Å²) >= 11 is 0. The van der Waals surface area contributed by atoms with Crippen molar-refractivity contribution >= 4 is 17.3 Å². The summed E-state index contributed by atoms with van der Waals surface area (Å²) in [5, 5.41) is 0. The van der Waals surface area contributed by atoms with Crippen LogP contribution < -0.4 is 0 Å². The molecule has 0 fully saturated rings. The van der Waals surface area contributed by atoms with Gasteiger partial charge >= 0.3 is 5.97 Å². The molecule has 96 valence electrons. The first kappa shape index (κ1) is 14.2. The Morgan fingerprint density at radius 1 is 1.11 bits per heavy atom. The van der Waals surface area contributed by atoms with Crippen LogP contribution in [0.1, 0.15) is 33.3 Å². The van der Waals surface area contributed by atoms with Gasteiger partial charge in [0.1, 0.15) is 0 Å². The van der Waals surface area contributed by atoms with Crippen LogP contribution in [-0.2, 0) is 14.3 Å². The maximum Gasteiger partial charge on any atom is 0.303 e. The molecule has 0 saturated carbocycles. The van der Waals surface area contributed by atoms with Gasteiger partial charge in [0.15, 0.2) is 11.4 Å². The summed E-state index contributed by atoms with van der Waals surface area (Å²) < 4.78 is 5.00. The second-order valence-electron chi connectivity index (χ2n) is 4.66. The number of carbonyl (C=O) groups is 2. The van der Waals surface area contributed by atoms with Gasteiger partial charge in [-0.25, -0.2) is 0 Å². The highest BCUT2D eigenvalue weighted by Crippen LogP contribution is 2.17. The van der Waals surface area contributed by atoms with Crippen molar-refractivity contribution in [3.63, 3.8) is 0 Å². The third-order valence-corrected chi connectivity index (χ3v) is 2.57. The van der Waals surface area contributed by atoms with Crippen LogP contribution >= 0.6 is 0 Å². The summed E-state index contributed by atoms with van der Waals surface area (Å²) in [4.78, 5) is 23.0. The number of hydrogen-bond acceptors (Lipinski definition) is 3. The fourth-order valence-electron chi connectivity index (χ4n) is 1.56. The minimum Gasteiger partial charge on any atom is -0.451 e. The Morgan fingerprint density at radius 3 is 2.17 bits per heavy atom. The smallest absolute Gasteiger partial charge is 0.303 e. The second kappa shape index (κ2) is 5.63. The van der Waals surface area contributed by atoms with Gasteiger partial charge in [-0.3, -0.25) is 9.59 Å². The fraction of sp³-hybridized carbons (Fsp3) is 0.333. The van der Waals surface area contributed by atoms with Gasteiger partial charge < -0.3 is 4.74 Å². The summed E-state index contributed by atoms with van der Waals surface area (Å²) in [6, 6.07) is 9.60. The van der Waals surface area contributed by atoms with Crippen LogP contribution in [0.5, 0.6) is 0 Å². The summed E-state index contributed by atoms with van der Waals surface area (Å²) in [7, 11) is 0. The zero-order valence-electron chi connectivity index (χ0n) is 11.2. The number of carbonyl (C=O) groups excluding carboxylic acids is 2. The Kier molecular flexibility index (Phi) is 4.43. The highest BCUT2D eigenvalue weighted by molar-refractivity contribution is 6.02. The lowest BCUT2D eigenvalue weighted by Gasteiger charge is -2.21. The fourth-order valence-corrected chi connectivity index (χ4v) is 1.56. The molecule has 0 saturated heterocycles. The third-order valence-electron chi connectivity index (χ3n) is 2.57. The van der Waals surface area contributed by atoms with Crippen molar-refractivity contribution in [1.29, 1.82) is 0 Å². The van der Waals surface area contributed by atoms with Gasteiger partial charge in [-0.15, -0.1) is 0 Å².